The van der Waals surface area contributed by atoms with Crippen LogP contribution >= 0.6 is 0 Å². The number of allylic oxidation sites excluding steroid dienone is 1. The molecule has 0 saturated carbocycles. The molecule has 1 aliphatic rings. The van der Waals surface area contributed by atoms with Gasteiger partial charge in [0.05, 0.1) is 19.1 Å². The van der Waals surface area contributed by atoms with E-state index in [1.165, 1.54) is 0 Å². The Morgan fingerprint density at radius 3 is 2.67 bits per heavy atom. The summed E-state index contributed by atoms with van der Waals surface area (Å²) in [6.07, 6.45) is 0.391. The zero-order chi connectivity index (χ0) is 13.5. The van der Waals surface area contributed by atoms with Crippen molar-refractivity contribution < 1.29 is 14.3 Å². The molecular weight excluding hydrogens is 228 g/mol. The highest BCUT2D eigenvalue weighted by molar-refractivity contribution is 6.01. The predicted octanol–water partition coefficient (Wildman–Crippen LogP) is 3.47. The number of hydrogen-bond acceptors (Lipinski definition) is 3. The molecule has 0 amide bonds. The van der Waals surface area contributed by atoms with Crippen LogP contribution in [-0.4, -0.2) is 18.5 Å². The number of ketones is 1. The summed E-state index contributed by atoms with van der Waals surface area (Å²) < 4.78 is 11.2. The summed E-state index contributed by atoms with van der Waals surface area (Å²) >= 11 is 0. The Balaban J connectivity index is 2.60. The van der Waals surface area contributed by atoms with E-state index in [9.17, 15) is 4.79 Å². The average molecular weight is 246 g/mol. The van der Waals surface area contributed by atoms with Gasteiger partial charge in [0.2, 0.25) is 0 Å². The second-order valence-corrected chi connectivity index (χ2v) is 5.29. The van der Waals surface area contributed by atoms with E-state index in [0.717, 1.165) is 11.1 Å². The Labute approximate surface area is 107 Å². The number of methoxy groups -OCH3 is 1. The van der Waals surface area contributed by atoms with Crippen LogP contribution in [0.4, 0.5) is 0 Å². The quantitative estimate of drug-likeness (QED) is 0.801. The number of carbonyl (C=O) groups is 1. The topological polar surface area (TPSA) is 35.5 Å². The Hall–Kier alpha value is -1.77. The van der Waals surface area contributed by atoms with Gasteiger partial charge in [0.15, 0.2) is 5.78 Å². The first kappa shape index (κ1) is 12.7. The number of rotatable bonds is 2. The third kappa shape index (κ3) is 2.13. The van der Waals surface area contributed by atoms with Crippen molar-refractivity contribution in [2.75, 3.05) is 7.11 Å². The summed E-state index contributed by atoms with van der Waals surface area (Å²) in [5.74, 6) is 1.39. The van der Waals surface area contributed by atoms with Gasteiger partial charge in [-0.15, -0.1) is 0 Å². The molecule has 3 nitrogen and oxygen atoms in total. The first-order valence-corrected chi connectivity index (χ1v) is 5.94. The molecule has 0 N–H and O–H groups in total. The van der Waals surface area contributed by atoms with Gasteiger partial charge < -0.3 is 9.47 Å². The molecular formula is C15H18O3. The molecule has 96 valence electrons. The van der Waals surface area contributed by atoms with Crippen LogP contribution in [0.2, 0.25) is 0 Å². The summed E-state index contributed by atoms with van der Waals surface area (Å²) in [6, 6.07) is 3.59. The molecule has 0 fully saturated rings. The second-order valence-electron chi connectivity index (χ2n) is 5.29. The molecule has 0 aliphatic carbocycles. The van der Waals surface area contributed by atoms with E-state index >= 15 is 0 Å². The molecule has 3 heteroatoms. The lowest BCUT2D eigenvalue weighted by atomic mass is 9.91. The van der Waals surface area contributed by atoms with Gasteiger partial charge in [-0.25, -0.2) is 0 Å². The van der Waals surface area contributed by atoms with Gasteiger partial charge in [-0.3, -0.25) is 4.79 Å². The maximum atomic E-state index is 12.1. The Bertz CT molecular complexity index is 527. The summed E-state index contributed by atoms with van der Waals surface area (Å²) in [5.41, 5.74) is 1.88. The van der Waals surface area contributed by atoms with Crippen LogP contribution in [0, 0.1) is 0 Å². The van der Waals surface area contributed by atoms with E-state index in [1.54, 1.807) is 13.2 Å². The molecule has 1 aliphatic heterocycles. The lowest BCUT2D eigenvalue weighted by molar-refractivity contribution is 0.0618. The van der Waals surface area contributed by atoms with Gasteiger partial charge in [0.1, 0.15) is 17.1 Å². The van der Waals surface area contributed by atoms with Crippen LogP contribution in [0.1, 0.15) is 43.1 Å². The number of ether oxygens (including phenoxy) is 2. The normalized spacial score (nSPS) is 16.8. The Morgan fingerprint density at radius 2 is 2.11 bits per heavy atom. The molecule has 1 aromatic rings. The SMILES string of the molecule is C=C(C)c1cc2c(cc1OC)OC(C)(C)CC2=O. The van der Waals surface area contributed by atoms with Gasteiger partial charge in [0, 0.05) is 11.6 Å². The van der Waals surface area contributed by atoms with E-state index in [1.807, 2.05) is 26.8 Å². The van der Waals surface area contributed by atoms with E-state index in [2.05, 4.69) is 6.58 Å². The van der Waals surface area contributed by atoms with E-state index in [-0.39, 0.29) is 5.78 Å². The van der Waals surface area contributed by atoms with Crippen LogP contribution in [0.5, 0.6) is 11.5 Å². The highest BCUT2D eigenvalue weighted by atomic mass is 16.5. The number of hydrogen-bond donors (Lipinski definition) is 0. The zero-order valence-corrected chi connectivity index (χ0v) is 11.3. The van der Waals surface area contributed by atoms with Crippen molar-refractivity contribution >= 4 is 11.4 Å². The van der Waals surface area contributed by atoms with Gasteiger partial charge in [-0.1, -0.05) is 6.58 Å². The molecule has 0 unspecified atom stereocenters. The smallest absolute Gasteiger partial charge is 0.170 e. The molecule has 2 rings (SSSR count). The second kappa shape index (κ2) is 4.16. The highest BCUT2D eigenvalue weighted by Gasteiger charge is 2.33. The number of benzene rings is 1. The standard InChI is InChI=1S/C15H18O3/c1-9(2)10-6-11-12(16)8-15(3,4)18-14(11)7-13(10)17-5/h6-7H,1,8H2,2-5H3. The van der Waals surface area contributed by atoms with Gasteiger partial charge in [-0.2, -0.15) is 0 Å². The van der Waals surface area contributed by atoms with E-state index in [4.69, 9.17) is 9.47 Å². The van der Waals surface area contributed by atoms with Crippen molar-refractivity contribution in [3.63, 3.8) is 0 Å². The number of fused-ring (bicyclic) bond motifs is 1. The minimum absolute atomic E-state index is 0.103. The Morgan fingerprint density at radius 1 is 1.44 bits per heavy atom. The molecule has 0 spiro atoms. The van der Waals surface area contributed by atoms with Crippen molar-refractivity contribution in [2.45, 2.75) is 32.8 Å². The first-order valence-electron chi connectivity index (χ1n) is 5.94. The molecule has 18 heavy (non-hydrogen) atoms. The van der Waals surface area contributed by atoms with Crippen LogP contribution in [-0.2, 0) is 0 Å². The molecule has 1 heterocycles. The number of Topliss-reactive ketones (excluding diaryl/α,β-unsaturated/α-hetero) is 1. The predicted molar refractivity (Wildman–Crippen MR) is 71.4 cm³/mol. The minimum Gasteiger partial charge on any atom is -0.496 e. The van der Waals surface area contributed by atoms with Crippen LogP contribution in [0.3, 0.4) is 0 Å². The molecule has 0 radical (unpaired) electrons. The van der Waals surface area contributed by atoms with Crippen molar-refractivity contribution in [1.29, 1.82) is 0 Å². The average Bonchev–Trinajstić information content (AvgIpc) is 2.25. The molecule has 0 atom stereocenters. The maximum absolute atomic E-state index is 12.1. The van der Waals surface area contributed by atoms with Gasteiger partial charge in [-0.05, 0) is 32.4 Å². The van der Waals surface area contributed by atoms with Gasteiger partial charge in [0.25, 0.3) is 0 Å². The Kier molecular flexibility index (Phi) is 2.93. The highest BCUT2D eigenvalue weighted by Crippen LogP contribution is 2.39. The van der Waals surface area contributed by atoms with E-state index < -0.39 is 5.60 Å². The fourth-order valence-corrected chi connectivity index (χ4v) is 2.18. The summed E-state index contributed by atoms with van der Waals surface area (Å²) in [4.78, 5) is 12.1. The molecule has 1 aromatic carbocycles. The van der Waals surface area contributed by atoms with Crippen molar-refractivity contribution in [3.8, 4) is 11.5 Å². The summed E-state index contributed by atoms with van der Waals surface area (Å²) in [6.45, 7) is 9.62. The van der Waals surface area contributed by atoms with Crippen molar-refractivity contribution in [3.05, 3.63) is 29.8 Å². The van der Waals surface area contributed by atoms with Crippen LogP contribution in [0.25, 0.3) is 5.57 Å². The largest absolute Gasteiger partial charge is 0.496 e. The summed E-state index contributed by atoms with van der Waals surface area (Å²) in [7, 11) is 1.60. The number of carbonyl (C=O) groups excluding carboxylic acids is 1. The van der Waals surface area contributed by atoms with Crippen molar-refractivity contribution in [2.24, 2.45) is 0 Å². The monoisotopic (exact) mass is 246 g/mol. The van der Waals surface area contributed by atoms with E-state index in [0.29, 0.717) is 23.5 Å². The molecule has 0 saturated heterocycles. The third-order valence-corrected chi connectivity index (χ3v) is 3.03. The zero-order valence-electron chi connectivity index (χ0n) is 11.3. The molecule has 0 bridgehead atoms. The fourth-order valence-electron chi connectivity index (χ4n) is 2.18. The lowest BCUT2D eigenvalue weighted by Gasteiger charge is -2.32. The van der Waals surface area contributed by atoms with Crippen molar-refractivity contribution in [1.82, 2.24) is 0 Å². The van der Waals surface area contributed by atoms with Crippen LogP contribution in [0.15, 0.2) is 18.7 Å². The third-order valence-electron chi connectivity index (χ3n) is 3.03. The summed E-state index contributed by atoms with van der Waals surface area (Å²) in [5, 5.41) is 0. The maximum Gasteiger partial charge on any atom is 0.170 e. The van der Waals surface area contributed by atoms with Gasteiger partial charge >= 0.3 is 0 Å². The minimum atomic E-state index is -0.458. The fraction of sp³-hybridized carbons (Fsp3) is 0.400. The lowest BCUT2D eigenvalue weighted by Crippen LogP contribution is -2.35. The van der Waals surface area contributed by atoms with Crippen LogP contribution < -0.4 is 9.47 Å². The molecule has 0 aromatic heterocycles. The first-order chi connectivity index (χ1) is 8.34.